The van der Waals surface area contributed by atoms with Crippen LogP contribution in [0.25, 0.3) is 17.0 Å². The van der Waals surface area contributed by atoms with E-state index in [1.807, 2.05) is 50.3 Å². The van der Waals surface area contributed by atoms with Crippen molar-refractivity contribution < 1.29 is 33.4 Å². The molecule has 1 aromatic heterocycles. The van der Waals surface area contributed by atoms with E-state index in [4.69, 9.17) is 9.47 Å². The normalized spacial score (nSPS) is 19.0. The van der Waals surface area contributed by atoms with Gasteiger partial charge in [-0.3, -0.25) is 29.0 Å². The molecular formula is C34H47N5O7. The summed E-state index contributed by atoms with van der Waals surface area (Å²) in [7, 11) is 1.29. The van der Waals surface area contributed by atoms with Crippen molar-refractivity contribution in [3.63, 3.8) is 0 Å². The van der Waals surface area contributed by atoms with Crippen LogP contribution in [-0.2, 0) is 33.4 Å². The van der Waals surface area contributed by atoms with Gasteiger partial charge in [-0.2, -0.15) is 0 Å². The highest BCUT2D eigenvalue weighted by atomic mass is 16.5. The molecule has 3 N–H and O–H groups in total. The van der Waals surface area contributed by atoms with Crippen LogP contribution >= 0.6 is 0 Å². The lowest BCUT2D eigenvalue weighted by Gasteiger charge is -2.40. The molecule has 0 radical (unpaired) electrons. The van der Waals surface area contributed by atoms with Gasteiger partial charge in [-0.1, -0.05) is 44.2 Å². The number of hydrogen-bond acceptors (Lipinski definition) is 9. The number of rotatable bonds is 11. The second-order valence-electron chi connectivity index (χ2n) is 12.9. The van der Waals surface area contributed by atoms with Gasteiger partial charge in [0.1, 0.15) is 23.7 Å². The molecule has 1 aromatic carbocycles. The van der Waals surface area contributed by atoms with Crippen molar-refractivity contribution >= 4 is 46.6 Å². The minimum atomic E-state index is -1.05. The second-order valence-corrected chi connectivity index (χ2v) is 12.9. The van der Waals surface area contributed by atoms with Gasteiger partial charge in [-0.05, 0) is 71.1 Å². The first-order chi connectivity index (χ1) is 21.5. The fraction of sp³-hybridized carbons (Fsp3) is 0.529. The molecule has 2 heterocycles. The van der Waals surface area contributed by atoms with Gasteiger partial charge in [0.2, 0.25) is 11.8 Å². The molecule has 250 valence electrons. The van der Waals surface area contributed by atoms with Crippen LogP contribution < -0.4 is 16.1 Å². The Labute approximate surface area is 270 Å². The molecule has 46 heavy (non-hydrogen) atoms. The van der Waals surface area contributed by atoms with Gasteiger partial charge in [-0.25, -0.2) is 10.4 Å². The highest BCUT2D eigenvalue weighted by molar-refractivity contribution is 5.94. The summed E-state index contributed by atoms with van der Waals surface area (Å²) in [5.41, 5.74) is 3.08. The first-order valence-corrected chi connectivity index (χ1v) is 15.5. The van der Waals surface area contributed by atoms with Gasteiger partial charge in [-0.15, -0.1) is 0 Å². The zero-order valence-electron chi connectivity index (χ0n) is 28.2. The fourth-order valence-corrected chi connectivity index (χ4v) is 5.17. The monoisotopic (exact) mass is 637 g/mol. The smallest absolute Gasteiger partial charge is 0.327 e. The van der Waals surface area contributed by atoms with Crippen LogP contribution in [-0.4, -0.2) is 70.9 Å². The third kappa shape index (κ3) is 8.90. The van der Waals surface area contributed by atoms with Crippen molar-refractivity contribution in [2.75, 3.05) is 13.7 Å². The largest absolute Gasteiger partial charge is 0.468 e. The lowest BCUT2D eigenvalue weighted by Crippen LogP contribution is -2.65. The molecule has 4 unspecified atom stereocenters. The highest BCUT2D eigenvalue weighted by Crippen LogP contribution is 2.24. The predicted octanol–water partition coefficient (Wildman–Crippen LogP) is 3.60. The quantitative estimate of drug-likeness (QED) is 0.313. The number of carbonyl (C=O) groups is 5. The number of benzene rings is 1. The molecule has 3 amide bonds. The Balaban J connectivity index is 1.67. The number of ether oxygens (including phenoxy) is 2. The number of pyridine rings is 1. The molecule has 3 rings (SSSR count). The number of esters is 2. The third-order valence-corrected chi connectivity index (χ3v) is 8.08. The SMILES string of the molecule is COC(=O)C1(C)CCCN(C(=O)C(C)NC(=O)C(NC(=O)C(C)(C)C=Cc2ccc3ccc(C(C)OC(C)=O)nc3c2)C(C)C)N1. The van der Waals surface area contributed by atoms with Gasteiger partial charge in [0, 0.05) is 18.9 Å². The zero-order chi connectivity index (χ0) is 34.4. The van der Waals surface area contributed by atoms with Crippen LogP contribution in [0.5, 0.6) is 0 Å². The molecule has 0 bridgehead atoms. The third-order valence-electron chi connectivity index (χ3n) is 8.08. The number of methoxy groups -OCH3 is 1. The van der Waals surface area contributed by atoms with E-state index in [-0.39, 0.29) is 17.8 Å². The summed E-state index contributed by atoms with van der Waals surface area (Å²) in [4.78, 5) is 68.2. The molecule has 0 aliphatic carbocycles. The van der Waals surface area contributed by atoms with Crippen molar-refractivity contribution in [3.05, 3.63) is 47.7 Å². The van der Waals surface area contributed by atoms with E-state index < -0.39 is 46.9 Å². The van der Waals surface area contributed by atoms with Crippen molar-refractivity contribution in [1.82, 2.24) is 26.1 Å². The van der Waals surface area contributed by atoms with Crippen LogP contribution in [0.15, 0.2) is 36.4 Å². The Hall–Kier alpha value is -4.32. The number of amides is 3. The van der Waals surface area contributed by atoms with E-state index in [0.717, 1.165) is 16.5 Å². The fourth-order valence-electron chi connectivity index (χ4n) is 5.17. The number of carbonyl (C=O) groups excluding carboxylic acids is 5. The van der Waals surface area contributed by atoms with E-state index in [1.165, 1.54) is 19.0 Å². The van der Waals surface area contributed by atoms with Crippen LogP contribution in [0, 0.1) is 11.3 Å². The number of nitrogens with zero attached hydrogens (tertiary/aromatic N) is 2. The van der Waals surface area contributed by atoms with Gasteiger partial charge in [0.15, 0.2) is 0 Å². The van der Waals surface area contributed by atoms with Gasteiger partial charge < -0.3 is 20.1 Å². The molecule has 12 heteroatoms. The molecule has 4 atom stereocenters. The number of hydrazine groups is 1. The van der Waals surface area contributed by atoms with Crippen LogP contribution in [0.2, 0.25) is 0 Å². The summed E-state index contributed by atoms with van der Waals surface area (Å²) in [6, 6.07) is 7.65. The van der Waals surface area contributed by atoms with Crippen LogP contribution in [0.1, 0.15) is 85.6 Å². The van der Waals surface area contributed by atoms with Gasteiger partial charge in [0.25, 0.3) is 5.91 Å². The van der Waals surface area contributed by atoms with Crippen molar-refractivity contribution in [1.29, 1.82) is 0 Å². The Morgan fingerprint density at radius 2 is 1.74 bits per heavy atom. The summed E-state index contributed by atoms with van der Waals surface area (Å²) in [5, 5.41) is 7.85. The van der Waals surface area contributed by atoms with Gasteiger partial charge >= 0.3 is 11.9 Å². The molecular weight excluding hydrogens is 590 g/mol. The standard InChI is InChI=1S/C34H47N5O7/c1-20(2)28(29(41)35-21(3)30(42)39-18-10-16-34(8,38-39)32(44)45-9)37-31(43)33(6,7)17-15-24-11-12-25-13-14-26(36-27(25)19-24)22(4)46-23(5)40/h11-15,17,19-22,28,38H,10,16,18H2,1-9H3,(H,35,41)(H,37,43). The van der Waals surface area contributed by atoms with Crippen molar-refractivity contribution in [2.45, 2.75) is 92.0 Å². The number of nitrogens with one attached hydrogen (secondary N) is 3. The maximum absolute atomic E-state index is 13.4. The molecule has 1 aliphatic rings. The Bertz CT molecular complexity index is 1500. The maximum Gasteiger partial charge on any atom is 0.327 e. The topological polar surface area (TPSA) is 156 Å². The predicted molar refractivity (Wildman–Crippen MR) is 174 cm³/mol. The Morgan fingerprint density at radius 1 is 1.07 bits per heavy atom. The van der Waals surface area contributed by atoms with Crippen molar-refractivity contribution in [2.24, 2.45) is 11.3 Å². The zero-order valence-corrected chi connectivity index (χ0v) is 28.2. The van der Waals surface area contributed by atoms with Gasteiger partial charge in [0.05, 0.1) is 23.7 Å². The van der Waals surface area contributed by atoms with E-state index in [1.54, 1.807) is 40.7 Å². The van der Waals surface area contributed by atoms with Crippen molar-refractivity contribution in [3.8, 4) is 0 Å². The second kappa shape index (κ2) is 14.8. The summed E-state index contributed by atoms with van der Waals surface area (Å²) in [6.07, 6.45) is 4.19. The molecule has 0 spiro atoms. The van der Waals surface area contributed by atoms with E-state index >= 15 is 0 Å². The molecule has 1 fully saturated rings. The summed E-state index contributed by atoms with van der Waals surface area (Å²) >= 11 is 0. The van der Waals surface area contributed by atoms with E-state index in [2.05, 4.69) is 21.0 Å². The highest BCUT2D eigenvalue weighted by Gasteiger charge is 2.41. The van der Waals surface area contributed by atoms with E-state index in [9.17, 15) is 24.0 Å². The molecule has 2 aromatic rings. The number of fused-ring (bicyclic) bond motifs is 1. The minimum absolute atomic E-state index is 0.267. The van der Waals surface area contributed by atoms with Crippen LogP contribution in [0.4, 0.5) is 0 Å². The lowest BCUT2D eigenvalue weighted by atomic mass is 9.89. The van der Waals surface area contributed by atoms with Crippen LogP contribution in [0.3, 0.4) is 0 Å². The molecule has 0 saturated carbocycles. The number of hydrogen-bond donors (Lipinski definition) is 3. The minimum Gasteiger partial charge on any atom is -0.468 e. The lowest BCUT2D eigenvalue weighted by molar-refractivity contribution is -0.157. The first-order valence-electron chi connectivity index (χ1n) is 15.5. The summed E-state index contributed by atoms with van der Waals surface area (Å²) in [6.45, 7) is 13.8. The Morgan fingerprint density at radius 3 is 2.37 bits per heavy atom. The molecule has 12 nitrogen and oxygen atoms in total. The van der Waals surface area contributed by atoms with E-state index in [0.29, 0.717) is 25.1 Å². The number of aromatic nitrogens is 1. The summed E-state index contributed by atoms with van der Waals surface area (Å²) < 4.78 is 10.1. The first kappa shape index (κ1) is 36.2. The molecule has 1 saturated heterocycles. The molecule has 1 aliphatic heterocycles. The average molecular weight is 638 g/mol. The maximum atomic E-state index is 13.4. The summed E-state index contributed by atoms with van der Waals surface area (Å²) in [5.74, 6) is -2.38. The average Bonchev–Trinajstić information content (AvgIpc) is 3.00. The Kier molecular flexibility index (Phi) is 11.7.